The molecule has 4 aromatic rings. The Labute approximate surface area is 387 Å². The Morgan fingerprint density at radius 2 is 1.17 bits per heavy atom. The number of benzene rings is 4. The normalized spacial score (nSPS) is 15.0. The van der Waals surface area contributed by atoms with Crippen molar-refractivity contribution >= 4 is 36.1 Å². The molecule has 0 unspecified atom stereocenters. The zero-order valence-electron chi connectivity index (χ0n) is 38.0. The second-order valence-electron chi connectivity index (χ2n) is 16.3. The van der Waals surface area contributed by atoms with E-state index in [9.17, 15) is 19.5 Å². The molecule has 2 saturated heterocycles. The maximum atomic E-state index is 12.7. The van der Waals surface area contributed by atoms with Gasteiger partial charge in [0.2, 0.25) is 0 Å². The SMILES string of the molecule is COC(=O)[C@H](CN=C([O-])OC(C)(C)C)NC(=O)c1ccc(C#C/C=C\c2ccc(CN3CCOCC3)cc2)cc1.O=C(O)c1ccc(C#C/C=C\c2ccc(CN3CCOCC3)cc2)cc1. The summed E-state index contributed by atoms with van der Waals surface area (Å²) in [4.78, 5) is 44.1. The number of aliphatic imine (C=N–C) groups is 1. The van der Waals surface area contributed by atoms with Crippen LogP contribution in [0.2, 0.25) is 0 Å². The van der Waals surface area contributed by atoms with E-state index in [1.807, 2.05) is 18.2 Å². The third-order valence-electron chi connectivity index (χ3n) is 10.00. The largest absolute Gasteiger partial charge is 0.595 e. The van der Waals surface area contributed by atoms with Gasteiger partial charge in [0.05, 0.1) is 45.6 Å². The van der Waals surface area contributed by atoms with Crippen LogP contribution >= 0.6 is 0 Å². The fraction of sp³-hybridized carbons (Fsp3) is 0.321. The number of morpholine rings is 2. The van der Waals surface area contributed by atoms with E-state index in [-0.39, 0.29) is 12.1 Å². The van der Waals surface area contributed by atoms with Crippen molar-refractivity contribution in [3.8, 4) is 23.7 Å². The third-order valence-corrected chi connectivity index (χ3v) is 10.00. The number of carboxylic acid groups (broad SMARTS) is 1. The Kier molecular flexibility index (Phi) is 19.8. The highest BCUT2D eigenvalue weighted by molar-refractivity contribution is 5.97. The number of carbonyl (C=O) groups is 3. The van der Waals surface area contributed by atoms with Crippen LogP contribution in [-0.4, -0.2) is 117 Å². The van der Waals surface area contributed by atoms with Crippen molar-refractivity contribution in [2.75, 3.05) is 66.3 Å². The van der Waals surface area contributed by atoms with Crippen molar-refractivity contribution in [1.82, 2.24) is 15.1 Å². The number of allylic oxidation sites excluding steroid dienone is 2. The Balaban J connectivity index is 0.000000270. The van der Waals surface area contributed by atoms with Gasteiger partial charge in [0, 0.05) is 61.6 Å². The van der Waals surface area contributed by atoms with E-state index < -0.39 is 35.6 Å². The van der Waals surface area contributed by atoms with Gasteiger partial charge in [0.1, 0.15) is 12.1 Å². The number of carboxylic acids is 1. The summed E-state index contributed by atoms with van der Waals surface area (Å²) < 4.78 is 20.6. The number of ether oxygens (including phenoxy) is 4. The first-order chi connectivity index (χ1) is 31.8. The van der Waals surface area contributed by atoms with Crippen LogP contribution in [0.4, 0.5) is 0 Å². The molecule has 1 amide bonds. The minimum Gasteiger partial charge on any atom is -0.595 e. The number of nitrogens with zero attached hydrogens (tertiary/aromatic N) is 3. The van der Waals surface area contributed by atoms with Gasteiger partial charge in [0.25, 0.3) is 5.91 Å². The molecular formula is C53H57N4O9-. The van der Waals surface area contributed by atoms with Crippen molar-refractivity contribution in [2.24, 2.45) is 4.99 Å². The van der Waals surface area contributed by atoms with Gasteiger partial charge in [-0.15, -0.1) is 0 Å². The number of rotatable bonds is 12. The van der Waals surface area contributed by atoms with E-state index in [4.69, 9.17) is 24.1 Å². The lowest BCUT2D eigenvalue weighted by Gasteiger charge is -2.29. The molecular weight excluding hydrogens is 837 g/mol. The number of carbonyl (C=O) groups excluding carboxylic acids is 2. The monoisotopic (exact) mass is 893 g/mol. The fourth-order valence-electron chi connectivity index (χ4n) is 6.45. The van der Waals surface area contributed by atoms with Crippen molar-refractivity contribution < 1.29 is 43.5 Å². The molecule has 1 atom stereocenters. The van der Waals surface area contributed by atoms with E-state index in [0.29, 0.717) is 5.56 Å². The molecule has 4 aromatic carbocycles. The molecule has 13 heteroatoms. The molecule has 0 saturated carbocycles. The molecule has 0 bridgehead atoms. The molecule has 2 aliphatic rings. The molecule has 0 aliphatic carbocycles. The average Bonchev–Trinajstić information content (AvgIpc) is 3.32. The first-order valence-corrected chi connectivity index (χ1v) is 21.7. The second-order valence-corrected chi connectivity index (χ2v) is 16.3. The van der Waals surface area contributed by atoms with Crippen LogP contribution in [0.15, 0.2) is 114 Å². The summed E-state index contributed by atoms with van der Waals surface area (Å²) in [7, 11) is 1.19. The van der Waals surface area contributed by atoms with Crippen LogP contribution in [0, 0.1) is 23.7 Å². The summed E-state index contributed by atoms with van der Waals surface area (Å²) in [6.07, 6.45) is 6.68. The third kappa shape index (κ3) is 18.2. The van der Waals surface area contributed by atoms with E-state index in [1.165, 1.54) is 18.2 Å². The van der Waals surface area contributed by atoms with E-state index in [2.05, 4.69) is 92.3 Å². The van der Waals surface area contributed by atoms with Crippen LogP contribution in [0.3, 0.4) is 0 Å². The van der Waals surface area contributed by atoms with Crippen LogP contribution in [-0.2, 0) is 36.8 Å². The van der Waals surface area contributed by atoms with Crippen molar-refractivity contribution in [3.63, 3.8) is 0 Å². The Morgan fingerprint density at radius 1 is 0.727 bits per heavy atom. The standard InChI is InChI=1S/C31H37N3O6.C22H21NO3/c1-31(2,3)40-30(37)32-21-27(29(36)38-4)33-28(35)26-15-13-24(14-16-26)8-6-5-7-23-9-11-25(12-10-23)22-34-17-19-39-20-18-34;24-22(25)21-11-9-19(10-12-21)4-2-1-3-18-5-7-20(8-6-18)17-23-13-15-26-16-14-23/h5,7,9-16,27H,17-22H2,1-4H3,(H,32,37)(H,33,35);1,3,5-12H,13-17H2,(H,24,25)/p-1/b7-5-;3-1-/t27-;/m0./s1. The highest BCUT2D eigenvalue weighted by Crippen LogP contribution is 2.13. The lowest BCUT2D eigenvalue weighted by Crippen LogP contribution is -2.44. The van der Waals surface area contributed by atoms with Crippen molar-refractivity contribution in [2.45, 2.75) is 45.5 Å². The maximum absolute atomic E-state index is 12.7. The summed E-state index contributed by atoms with van der Waals surface area (Å²) in [6, 6.07) is 28.9. The molecule has 6 rings (SSSR count). The first kappa shape index (κ1) is 50.0. The molecule has 0 spiro atoms. The lowest BCUT2D eigenvalue weighted by molar-refractivity contribution is -0.260. The summed E-state index contributed by atoms with van der Waals surface area (Å²) >= 11 is 0. The number of methoxy groups -OCH3 is 1. The van der Waals surface area contributed by atoms with Crippen LogP contribution < -0.4 is 10.4 Å². The lowest BCUT2D eigenvalue weighted by atomic mass is 10.1. The van der Waals surface area contributed by atoms with Gasteiger partial charge in [-0.2, -0.15) is 0 Å². The molecule has 2 fully saturated rings. The van der Waals surface area contributed by atoms with Gasteiger partial charge in [0.15, 0.2) is 0 Å². The van der Waals surface area contributed by atoms with E-state index >= 15 is 0 Å². The van der Waals surface area contributed by atoms with Crippen molar-refractivity contribution in [3.05, 3.63) is 154 Å². The Bertz CT molecular complexity index is 2400. The molecule has 66 heavy (non-hydrogen) atoms. The number of amides is 1. The van der Waals surface area contributed by atoms with Crippen molar-refractivity contribution in [1.29, 1.82) is 0 Å². The molecule has 0 radical (unpaired) electrons. The summed E-state index contributed by atoms with van der Waals surface area (Å²) in [5, 5.41) is 23.3. The molecule has 13 nitrogen and oxygen atoms in total. The number of hydrogen-bond acceptors (Lipinski definition) is 11. The van der Waals surface area contributed by atoms with E-state index in [1.54, 1.807) is 75.4 Å². The number of nitrogens with one attached hydrogen (secondary N) is 1. The van der Waals surface area contributed by atoms with E-state index in [0.717, 1.165) is 87.9 Å². The minimum absolute atomic E-state index is 0.267. The summed E-state index contributed by atoms with van der Waals surface area (Å²) in [5.41, 5.74) is 6.12. The Hall–Kier alpha value is -7.00. The van der Waals surface area contributed by atoms with Crippen LogP contribution in [0.1, 0.15) is 74.9 Å². The fourth-order valence-corrected chi connectivity index (χ4v) is 6.45. The zero-order valence-corrected chi connectivity index (χ0v) is 38.0. The number of hydrogen-bond donors (Lipinski definition) is 2. The average molecular weight is 894 g/mol. The van der Waals surface area contributed by atoms with Gasteiger partial charge in [-0.1, -0.05) is 93.0 Å². The molecule has 0 aromatic heterocycles. The predicted molar refractivity (Wildman–Crippen MR) is 253 cm³/mol. The molecule has 344 valence electrons. The van der Waals surface area contributed by atoms with Gasteiger partial charge >= 0.3 is 11.9 Å². The quantitative estimate of drug-likeness (QED) is 0.0781. The minimum atomic E-state index is -1.14. The van der Waals surface area contributed by atoms with Crippen LogP contribution in [0.5, 0.6) is 0 Å². The zero-order chi connectivity index (χ0) is 47.2. The highest BCUT2D eigenvalue weighted by Gasteiger charge is 2.22. The second kappa shape index (κ2) is 26.1. The molecule has 2 aliphatic heterocycles. The predicted octanol–water partition coefficient (Wildman–Crippen LogP) is 5.67. The highest BCUT2D eigenvalue weighted by atomic mass is 16.6. The van der Waals surface area contributed by atoms with Gasteiger partial charge in [-0.05, 0) is 95.1 Å². The maximum Gasteiger partial charge on any atom is 0.335 e. The Morgan fingerprint density at radius 3 is 1.58 bits per heavy atom. The van der Waals surface area contributed by atoms with Crippen LogP contribution in [0.25, 0.3) is 12.2 Å². The summed E-state index contributed by atoms with van der Waals surface area (Å²) in [5.74, 6) is 9.86. The molecule has 2 heterocycles. The van der Waals surface area contributed by atoms with Gasteiger partial charge in [-0.3, -0.25) is 19.6 Å². The first-order valence-electron chi connectivity index (χ1n) is 21.7. The topological polar surface area (TPSA) is 162 Å². The number of esters is 1. The molecule has 2 N–H and O–H groups in total. The smallest absolute Gasteiger partial charge is 0.335 e. The van der Waals surface area contributed by atoms with Gasteiger partial charge in [-0.25, -0.2) is 9.59 Å². The summed E-state index contributed by atoms with van der Waals surface area (Å²) in [6.45, 7) is 13.8. The van der Waals surface area contributed by atoms with Gasteiger partial charge < -0.3 is 34.5 Å². The number of aromatic carboxylic acids is 1.